The van der Waals surface area contributed by atoms with Crippen LogP contribution in [0.3, 0.4) is 0 Å². The Kier molecular flexibility index (Phi) is 4.00. The van der Waals surface area contributed by atoms with Crippen LogP contribution in [0.1, 0.15) is 16.1 Å². The smallest absolute Gasteiger partial charge is 0.259 e. The number of benzene rings is 1. The number of nitrogens with zero attached hydrogens (tertiary/aromatic N) is 2. The number of hydrogen-bond acceptors (Lipinski definition) is 5. The molecule has 0 fully saturated rings. The van der Waals surface area contributed by atoms with Crippen molar-refractivity contribution in [2.24, 2.45) is 0 Å². The van der Waals surface area contributed by atoms with Crippen LogP contribution >= 0.6 is 22.6 Å². The lowest BCUT2D eigenvalue weighted by atomic mass is 10.1. The summed E-state index contributed by atoms with van der Waals surface area (Å²) in [6.07, 6.45) is 1.55. The van der Waals surface area contributed by atoms with Crippen molar-refractivity contribution in [1.82, 2.24) is 10.1 Å². The molecular formula is C18H12IN3O3. The number of nitrogens with one attached hydrogen (secondary N) is 1. The lowest BCUT2D eigenvalue weighted by molar-refractivity contribution is 0.102. The maximum absolute atomic E-state index is 12.8. The molecular weight excluding hydrogens is 433 g/mol. The second-order valence-electron chi connectivity index (χ2n) is 5.44. The number of fused-ring (bicyclic) bond motifs is 1. The van der Waals surface area contributed by atoms with Crippen molar-refractivity contribution >= 4 is 45.3 Å². The molecule has 0 spiro atoms. The quantitative estimate of drug-likeness (QED) is 0.465. The Labute approximate surface area is 156 Å². The molecule has 124 valence electrons. The second-order valence-corrected chi connectivity index (χ2v) is 6.69. The zero-order valence-electron chi connectivity index (χ0n) is 13.1. The van der Waals surface area contributed by atoms with E-state index in [0.29, 0.717) is 39.5 Å². The van der Waals surface area contributed by atoms with Gasteiger partial charge in [0.05, 0.1) is 22.9 Å². The van der Waals surface area contributed by atoms with E-state index < -0.39 is 0 Å². The zero-order valence-corrected chi connectivity index (χ0v) is 15.3. The van der Waals surface area contributed by atoms with E-state index in [0.717, 1.165) is 3.57 Å². The van der Waals surface area contributed by atoms with Crippen LogP contribution in [0.4, 0.5) is 5.69 Å². The van der Waals surface area contributed by atoms with Crippen LogP contribution in [0.5, 0.6) is 0 Å². The second kappa shape index (κ2) is 6.32. The largest absolute Gasteiger partial charge is 0.463 e. The molecule has 4 rings (SSSR count). The van der Waals surface area contributed by atoms with E-state index in [-0.39, 0.29) is 5.91 Å². The van der Waals surface area contributed by atoms with Gasteiger partial charge in [0.15, 0.2) is 5.76 Å². The molecule has 25 heavy (non-hydrogen) atoms. The van der Waals surface area contributed by atoms with Gasteiger partial charge in [-0.05, 0) is 72.0 Å². The Hall–Kier alpha value is -2.68. The SMILES string of the molecule is Cc1noc2nc(-c3ccco3)cc(C(=O)Nc3ccc(I)cc3)c12. The monoisotopic (exact) mass is 445 g/mol. The average Bonchev–Trinajstić information content (AvgIpc) is 3.26. The first kappa shape index (κ1) is 15.8. The van der Waals surface area contributed by atoms with E-state index in [1.165, 1.54) is 0 Å². The maximum Gasteiger partial charge on any atom is 0.259 e. The highest BCUT2D eigenvalue weighted by atomic mass is 127. The van der Waals surface area contributed by atoms with Crippen LogP contribution in [0.15, 0.2) is 57.7 Å². The summed E-state index contributed by atoms with van der Waals surface area (Å²) < 4.78 is 11.7. The Morgan fingerprint density at radius 3 is 2.72 bits per heavy atom. The molecule has 3 aromatic heterocycles. The molecule has 0 unspecified atom stereocenters. The number of halogens is 1. The third-order valence-corrected chi connectivity index (χ3v) is 4.46. The van der Waals surface area contributed by atoms with Gasteiger partial charge in [0.1, 0.15) is 5.69 Å². The lowest BCUT2D eigenvalue weighted by Gasteiger charge is -2.07. The first-order chi connectivity index (χ1) is 12.1. The predicted octanol–water partition coefficient (Wildman–Crippen LogP) is 4.65. The number of carbonyl (C=O) groups is 1. The number of amides is 1. The molecule has 0 radical (unpaired) electrons. The fourth-order valence-corrected chi connectivity index (χ4v) is 2.92. The maximum atomic E-state index is 12.8. The van der Waals surface area contributed by atoms with E-state index in [1.54, 1.807) is 31.4 Å². The van der Waals surface area contributed by atoms with Crippen molar-refractivity contribution in [1.29, 1.82) is 0 Å². The Morgan fingerprint density at radius 1 is 1.20 bits per heavy atom. The van der Waals surface area contributed by atoms with Crippen LogP contribution in [-0.4, -0.2) is 16.0 Å². The van der Waals surface area contributed by atoms with Gasteiger partial charge in [-0.25, -0.2) is 4.98 Å². The van der Waals surface area contributed by atoms with Crippen LogP contribution in [0, 0.1) is 10.5 Å². The van der Waals surface area contributed by atoms with Gasteiger partial charge in [-0.15, -0.1) is 0 Å². The summed E-state index contributed by atoms with van der Waals surface area (Å²) >= 11 is 2.21. The van der Waals surface area contributed by atoms with Gasteiger partial charge in [-0.2, -0.15) is 0 Å². The van der Waals surface area contributed by atoms with Crippen LogP contribution in [0.25, 0.3) is 22.6 Å². The summed E-state index contributed by atoms with van der Waals surface area (Å²) in [6.45, 7) is 1.78. The van der Waals surface area contributed by atoms with Crippen LogP contribution in [-0.2, 0) is 0 Å². The topological polar surface area (TPSA) is 81.2 Å². The zero-order chi connectivity index (χ0) is 17.4. The number of hydrogen-bond donors (Lipinski definition) is 1. The fraction of sp³-hybridized carbons (Fsp3) is 0.0556. The highest BCUT2D eigenvalue weighted by Crippen LogP contribution is 2.28. The van der Waals surface area contributed by atoms with Gasteiger partial charge in [0.25, 0.3) is 11.6 Å². The van der Waals surface area contributed by atoms with Crippen LogP contribution < -0.4 is 5.32 Å². The normalized spacial score (nSPS) is 11.0. The van der Waals surface area contributed by atoms with Gasteiger partial charge < -0.3 is 14.3 Å². The minimum Gasteiger partial charge on any atom is -0.463 e. The molecule has 0 atom stereocenters. The molecule has 0 saturated heterocycles. The highest BCUT2D eigenvalue weighted by Gasteiger charge is 2.20. The van der Waals surface area contributed by atoms with E-state index in [9.17, 15) is 4.79 Å². The molecule has 4 aromatic rings. The molecule has 1 amide bonds. The molecule has 1 aromatic carbocycles. The third-order valence-electron chi connectivity index (χ3n) is 3.74. The van der Waals surface area contributed by atoms with Gasteiger partial charge in [0.2, 0.25) is 0 Å². The van der Waals surface area contributed by atoms with E-state index in [4.69, 9.17) is 8.94 Å². The molecule has 0 aliphatic rings. The Bertz CT molecular complexity index is 1050. The van der Waals surface area contributed by atoms with Gasteiger partial charge >= 0.3 is 0 Å². The van der Waals surface area contributed by atoms with Crippen LogP contribution in [0.2, 0.25) is 0 Å². The first-order valence-corrected chi connectivity index (χ1v) is 8.57. The van der Waals surface area contributed by atoms with Crippen molar-refractivity contribution < 1.29 is 13.7 Å². The lowest BCUT2D eigenvalue weighted by Crippen LogP contribution is -2.13. The van der Waals surface area contributed by atoms with Crippen molar-refractivity contribution in [2.75, 3.05) is 5.32 Å². The number of carbonyl (C=O) groups excluding carboxylic acids is 1. The van der Waals surface area contributed by atoms with Crippen molar-refractivity contribution in [3.63, 3.8) is 0 Å². The molecule has 3 heterocycles. The third kappa shape index (κ3) is 3.02. The van der Waals surface area contributed by atoms with Crippen molar-refractivity contribution in [3.05, 3.63) is 63.6 Å². The first-order valence-electron chi connectivity index (χ1n) is 7.49. The van der Waals surface area contributed by atoms with Crippen molar-refractivity contribution in [3.8, 4) is 11.5 Å². The summed E-state index contributed by atoms with van der Waals surface area (Å²) in [5, 5.41) is 7.42. The molecule has 0 aliphatic heterocycles. The predicted molar refractivity (Wildman–Crippen MR) is 101 cm³/mol. The number of furan rings is 1. The number of pyridine rings is 1. The molecule has 7 heteroatoms. The number of rotatable bonds is 3. The summed E-state index contributed by atoms with van der Waals surface area (Å²) in [5.41, 5.74) is 2.58. The number of aromatic nitrogens is 2. The molecule has 0 bridgehead atoms. The van der Waals surface area contributed by atoms with Gasteiger partial charge in [-0.1, -0.05) is 5.16 Å². The summed E-state index contributed by atoms with van der Waals surface area (Å²) in [6, 6.07) is 12.8. The summed E-state index contributed by atoms with van der Waals surface area (Å²) in [5.74, 6) is 0.298. The highest BCUT2D eigenvalue weighted by molar-refractivity contribution is 14.1. The minimum absolute atomic E-state index is 0.257. The Balaban J connectivity index is 1.80. The van der Waals surface area contributed by atoms with Gasteiger partial charge in [-0.3, -0.25) is 4.79 Å². The number of aryl methyl sites for hydroxylation is 1. The van der Waals surface area contributed by atoms with E-state index in [1.807, 2.05) is 24.3 Å². The molecule has 1 N–H and O–H groups in total. The van der Waals surface area contributed by atoms with Gasteiger partial charge in [0, 0.05) is 9.26 Å². The minimum atomic E-state index is -0.257. The summed E-state index contributed by atoms with van der Waals surface area (Å²) in [4.78, 5) is 17.2. The molecule has 0 aliphatic carbocycles. The van der Waals surface area contributed by atoms with Crippen molar-refractivity contribution in [2.45, 2.75) is 6.92 Å². The molecule has 0 saturated carbocycles. The van der Waals surface area contributed by atoms with E-state index >= 15 is 0 Å². The fourth-order valence-electron chi connectivity index (χ4n) is 2.56. The Morgan fingerprint density at radius 2 is 2.00 bits per heavy atom. The standard InChI is InChI=1S/C18H12IN3O3/c1-10-16-13(17(23)20-12-6-4-11(19)5-7-12)9-14(15-3-2-8-24-15)21-18(16)25-22-10/h2-9H,1H3,(H,20,23). The number of anilines is 1. The summed E-state index contributed by atoms with van der Waals surface area (Å²) in [7, 11) is 0. The van der Waals surface area contributed by atoms with E-state index in [2.05, 4.69) is 38.0 Å². The molecule has 6 nitrogen and oxygen atoms in total. The average molecular weight is 445 g/mol.